The largest absolute Gasteiger partial charge is 0.496 e. The van der Waals surface area contributed by atoms with E-state index in [0.29, 0.717) is 24.5 Å². The lowest BCUT2D eigenvalue weighted by Gasteiger charge is -2.16. The number of para-hydroxylation sites is 1. The molecular weight excluding hydrogens is 230 g/mol. The number of nitrogens with zero attached hydrogens (tertiary/aromatic N) is 1. The second kappa shape index (κ2) is 7.84. The number of carbonyl (C=O) groups is 1. The molecule has 0 fully saturated rings. The minimum atomic E-state index is 0.0763. The van der Waals surface area contributed by atoms with Crippen LogP contribution in [0, 0.1) is 0 Å². The molecule has 0 atom stereocenters. The number of methoxy groups -OCH3 is 2. The molecule has 0 amide bonds. The smallest absolute Gasteiger partial charge is 0.180 e. The van der Waals surface area contributed by atoms with E-state index in [0.717, 1.165) is 13.0 Å². The summed E-state index contributed by atoms with van der Waals surface area (Å²) in [5.41, 5.74) is 0.638. The van der Waals surface area contributed by atoms with Crippen LogP contribution in [-0.4, -0.2) is 51.6 Å². The number of hydrogen-bond donors (Lipinski definition) is 0. The van der Waals surface area contributed by atoms with Gasteiger partial charge in [-0.1, -0.05) is 12.1 Å². The molecule has 0 radical (unpaired) electrons. The Morgan fingerprint density at radius 2 is 2.00 bits per heavy atom. The summed E-state index contributed by atoms with van der Waals surface area (Å²) in [5.74, 6) is 0.708. The first-order valence-corrected chi connectivity index (χ1v) is 6.02. The van der Waals surface area contributed by atoms with Crippen molar-refractivity contribution in [1.29, 1.82) is 0 Å². The predicted octanol–water partition coefficient (Wildman–Crippen LogP) is 1.85. The lowest BCUT2D eigenvalue weighted by atomic mass is 10.1. The van der Waals surface area contributed by atoms with Crippen LogP contribution in [0.25, 0.3) is 0 Å². The molecule has 0 N–H and O–H groups in total. The highest BCUT2D eigenvalue weighted by molar-refractivity contribution is 6.00. The van der Waals surface area contributed by atoms with Gasteiger partial charge in [-0.15, -0.1) is 0 Å². The van der Waals surface area contributed by atoms with Crippen LogP contribution in [0.2, 0.25) is 0 Å². The van der Waals surface area contributed by atoms with Gasteiger partial charge in [-0.3, -0.25) is 9.69 Å². The van der Waals surface area contributed by atoms with Gasteiger partial charge in [0.25, 0.3) is 0 Å². The molecule has 0 saturated carbocycles. The predicted molar refractivity (Wildman–Crippen MR) is 71.3 cm³/mol. The third-order valence-electron chi connectivity index (χ3n) is 2.71. The number of hydrogen-bond acceptors (Lipinski definition) is 4. The van der Waals surface area contributed by atoms with E-state index in [1.807, 2.05) is 24.1 Å². The monoisotopic (exact) mass is 251 g/mol. The third kappa shape index (κ3) is 4.47. The summed E-state index contributed by atoms with van der Waals surface area (Å²) in [4.78, 5) is 14.1. The highest BCUT2D eigenvalue weighted by Gasteiger charge is 2.13. The molecule has 100 valence electrons. The summed E-state index contributed by atoms with van der Waals surface area (Å²) in [6.07, 6.45) is 0.923. The van der Waals surface area contributed by atoms with Gasteiger partial charge in [0.1, 0.15) is 5.75 Å². The van der Waals surface area contributed by atoms with Gasteiger partial charge in [0.05, 0.1) is 19.2 Å². The molecule has 4 heteroatoms. The van der Waals surface area contributed by atoms with Crippen molar-refractivity contribution in [1.82, 2.24) is 4.90 Å². The topological polar surface area (TPSA) is 38.8 Å². The Hall–Kier alpha value is -1.39. The first-order valence-electron chi connectivity index (χ1n) is 6.02. The molecule has 0 bridgehead atoms. The van der Waals surface area contributed by atoms with Crippen LogP contribution in [0.4, 0.5) is 0 Å². The number of benzene rings is 1. The Kier molecular flexibility index (Phi) is 6.39. The Morgan fingerprint density at radius 3 is 2.67 bits per heavy atom. The molecule has 0 saturated heterocycles. The van der Waals surface area contributed by atoms with Crippen molar-refractivity contribution in [3.63, 3.8) is 0 Å². The van der Waals surface area contributed by atoms with Crippen LogP contribution in [0.5, 0.6) is 5.75 Å². The zero-order chi connectivity index (χ0) is 13.4. The van der Waals surface area contributed by atoms with Gasteiger partial charge < -0.3 is 9.47 Å². The van der Waals surface area contributed by atoms with Crippen molar-refractivity contribution in [3.05, 3.63) is 29.8 Å². The van der Waals surface area contributed by atoms with E-state index >= 15 is 0 Å². The van der Waals surface area contributed by atoms with E-state index in [4.69, 9.17) is 9.47 Å². The minimum Gasteiger partial charge on any atom is -0.496 e. The first-order chi connectivity index (χ1) is 8.69. The summed E-state index contributed by atoms with van der Waals surface area (Å²) in [7, 11) is 5.19. The van der Waals surface area contributed by atoms with E-state index in [-0.39, 0.29) is 5.78 Å². The summed E-state index contributed by atoms with van der Waals surface area (Å²) >= 11 is 0. The van der Waals surface area contributed by atoms with Crippen LogP contribution in [0.1, 0.15) is 16.8 Å². The van der Waals surface area contributed by atoms with Gasteiger partial charge in [-0.2, -0.15) is 0 Å². The second-order valence-electron chi connectivity index (χ2n) is 4.21. The zero-order valence-electron chi connectivity index (χ0n) is 11.3. The highest BCUT2D eigenvalue weighted by atomic mass is 16.5. The Labute approximate surface area is 108 Å². The molecular formula is C14H21NO3. The number of ketones is 1. The Morgan fingerprint density at radius 1 is 1.28 bits per heavy atom. The quantitative estimate of drug-likeness (QED) is 0.522. The van der Waals surface area contributed by atoms with E-state index in [9.17, 15) is 4.79 Å². The maximum atomic E-state index is 12.1. The van der Waals surface area contributed by atoms with Crippen molar-refractivity contribution in [2.45, 2.75) is 6.42 Å². The lowest BCUT2D eigenvalue weighted by Crippen LogP contribution is -2.27. The molecule has 0 heterocycles. The fraction of sp³-hybridized carbons (Fsp3) is 0.500. The van der Waals surface area contributed by atoms with Crippen molar-refractivity contribution in [3.8, 4) is 5.75 Å². The molecule has 1 aromatic rings. The molecule has 0 aliphatic rings. The summed E-state index contributed by atoms with van der Waals surface area (Å²) in [5, 5.41) is 0. The average molecular weight is 251 g/mol. The molecule has 0 aromatic heterocycles. The number of Topliss-reactive ketones (excluding diaryl/α,β-unsaturated/α-hetero) is 1. The van der Waals surface area contributed by atoms with Crippen LogP contribution < -0.4 is 4.74 Å². The molecule has 0 unspecified atom stereocenters. The Bertz CT molecular complexity index is 379. The van der Waals surface area contributed by atoms with Crippen LogP contribution >= 0.6 is 0 Å². The lowest BCUT2D eigenvalue weighted by molar-refractivity contribution is 0.0935. The summed E-state index contributed by atoms with van der Waals surface area (Å²) in [6.45, 7) is 1.95. The number of rotatable bonds is 8. The fourth-order valence-electron chi connectivity index (χ4n) is 1.76. The van der Waals surface area contributed by atoms with E-state index in [1.54, 1.807) is 26.4 Å². The maximum absolute atomic E-state index is 12.1. The van der Waals surface area contributed by atoms with E-state index in [2.05, 4.69) is 0 Å². The molecule has 1 rings (SSSR count). The first kappa shape index (κ1) is 14.7. The molecule has 0 spiro atoms. The van der Waals surface area contributed by atoms with Gasteiger partial charge in [0, 0.05) is 20.3 Å². The third-order valence-corrected chi connectivity index (χ3v) is 2.71. The van der Waals surface area contributed by atoms with Gasteiger partial charge in [-0.25, -0.2) is 0 Å². The number of ether oxygens (including phenoxy) is 2. The Balaban J connectivity index is 2.54. The van der Waals surface area contributed by atoms with Crippen molar-refractivity contribution in [2.75, 3.05) is 41.0 Å². The highest BCUT2D eigenvalue weighted by Crippen LogP contribution is 2.17. The summed E-state index contributed by atoms with van der Waals surface area (Å²) in [6, 6.07) is 7.31. The van der Waals surface area contributed by atoms with Gasteiger partial charge in [-0.05, 0) is 25.6 Å². The number of carbonyl (C=O) groups excluding carboxylic acids is 1. The average Bonchev–Trinajstić information content (AvgIpc) is 2.39. The van der Waals surface area contributed by atoms with E-state index < -0.39 is 0 Å². The zero-order valence-corrected chi connectivity index (χ0v) is 11.3. The van der Waals surface area contributed by atoms with Crippen LogP contribution in [-0.2, 0) is 4.74 Å². The fourth-order valence-corrected chi connectivity index (χ4v) is 1.76. The van der Waals surface area contributed by atoms with Crippen LogP contribution in [0.15, 0.2) is 24.3 Å². The van der Waals surface area contributed by atoms with Gasteiger partial charge in [0.15, 0.2) is 5.78 Å². The maximum Gasteiger partial charge on any atom is 0.180 e. The van der Waals surface area contributed by atoms with Gasteiger partial charge in [0.2, 0.25) is 0 Å². The molecule has 0 aliphatic heterocycles. The standard InChI is InChI=1S/C14H21NO3/c1-15(9-6-10-17-2)11-13(16)12-7-4-5-8-14(12)18-3/h4-5,7-8H,6,9-11H2,1-3H3. The summed E-state index contributed by atoms with van der Waals surface area (Å²) < 4.78 is 10.2. The van der Waals surface area contributed by atoms with Crippen LogP contribution in [0.3, 0.4) is 0 Å². The second-order valence-corrected chi connectivity index (χ2v) is 4.21. The van der Waals surface area contributed by atoms with Crippen molar-refractivity contribution in [2.24, 2.45) is 0 Å². The molecule has 0 aliphatic carbocycles. The van der Waals surface area contributed by atoms with Crippen molar-refractivity contribution < 1.29 is 14.3 Å². The van der Waals surface area contributed by atoms with E-state index in [1.165, 1.54) is 0 Å². The molecule has 4 nitrogen and oxygen atoms in total. The molecule has 18 heavy (non-hydrogen) atoms. The number of likely N-dealkylation sites (N-methyl/N-ethyl adjacent to an activating group) is 1. The van der Waals surface area contributed by atoms with Crippen molar-refractivity contribution >= 4 is 5.78 Å². The minimum absolute atomic E-state index is 0.0763. The van der Waals surface area contributed by atoms with Gasteiger partial charge >= 0.3 is 0 Å². The SMILES string of the molecule is COCCCN(C)CC(=O)c1ccccc1OC. The molecule has 1 aromatic carbocycles. The normalized spacial score (nSPS) is 10.7.